The molecule has 0 saturated heterocycles. The van der Waals surface area contributed by atoms with Crippen LogP contribution in [0.25, 0.3) is 0 Å². The fraction of sp³-hybridized carbons (Fsp3) is 0.846. The molecule has 0 aromatic heterocycles. The third-order valence-corrected chi connectivity index (χ3v) is 18.2. The number of hydrogen-bond donors (Lipinski definition) is 2. The maximum atomic E-state index is 12.8. The second kappa shape index (κ2) is 73.8. The van der Waals surface area contributed by atoms with E-state index in [1.807, 2.05) is 0 Å². The molecule has 0 radical (unpaired) electrons. The van der Waals surface area contributed by atoms with Crippen LogP contribution in [-0.4, -0.2) is 49.3 Å². The van der Waals surface area contributed by atoms with Gasteiger partial charge in [-0.2, -0.15) is 0 Å². The molecule has 9 nitrogen and oxygen atoms in total. The van der Waals surface area contributed by atoms with Gasteiger partial charge in [-0.1, -0.05) is 383 Å². The smallest absolute Gasteiger partial charge is 0.462 e. The average Bonchev–Trinajstić information content (AvgIpc) is 3.53. The molecule has 0 fully saturated rings. The number of phosphoric acid groups is 1. The van der Waals surface area contributed by atoms with Gasteiger partial charge < -0.3 is 20.1 Å². The van der Waals surface area contributed by atoms with Crippen LogP contribution in [0.15, 0.2) is 60.8 Å². The van der Waals surface area contributed by atoms with Crippen molar-refractivity contribution in [2.45, 2.75) is 399 Å². The van der Waals surface area contributed by atoms with Gasteiger partial charge in [0.15, 0.2) is 6.10 Å². The fourth-order valence-corrected chi connectivity index (χ4v) is 12.3. The Labute approximate surface area is 546 Å². The third kappa shape index (κ3) is 72.8. The first-order valence-corrected chi connectivity index (χ1v) is 39.8. The second-order valence-corrected chi connectivity index (χ2v) is 27.3. The Morgan fingerprint density at radius 2 is 0.625 bits per heavy atom. The number of phosphoric ester groups is 1. The molecule has 0 aliphatic rings. The van der Waals surface area contributed by atoms with Crippen molar-refractivity contribution in [3.63, 3.8) is 0 Å². The van der Waals surface area contributed by atoms with E-state index in [9.17, 15) is 19.0 Å². The number of esters is 2. The summed E-state index contributed by atoms with van der Waals surface area (Å²) in [4.78, 5) is 35.4. The molecule has 2 atom stereocenters. The van der Waals surface area contributed by atoms with E-state index in [2.05, 4.69) is 74.6 Å². The molecule has 3 N–H and O–H groups in total. The van der Waals surface area contributed by atoms with Gasteiger partial charge in [0.1, 0.15) is 6.61 Å². The van der Waals surface area contributed by atoms with E-state index in [1.54, 1.807) is 0 Å². The lowest BCUT2D eigenvalue weighted by molar-refractivity contribution is -0.161. The molecular weight excluding hydrogens is 1110 g/mol. The number of carbonyl (C=O) groups excluding carboxylic acids is 2. The van der Waals surface area contributed by atoms with Gasteiger partial charge in [0.2, 0.25) is 0 Å². The van der Waals surface area contributed by atoms with Gasteiger partial charge in [-0.05, 0) is 57.8 Å². The Morgan fingerprint density at radius 1 is 0.352 bits per heavy atom. The molecule has 0 rings (SSSR count). The van der Waals surface area contributed by atoms with Crippen LogP contribution >= 0.6 is 7.82 Å². The quantitative estimate of drug-likeness (QED) is 0.0264. The van der Waals surface area contributed by atoms with E-state index in [0.29, 0.717) is 6.42 Å². The molecule has 516 valence electrons. The molecule has 0 amide bonds. The molecular formula is C78H146NO8P. The van der Waals surface area contributed by atoms with Crippen LogP contribution in [0.5, 0.6) is 0 Å². The zero-order valence-electron chi connectivity index (χ0n) is 58.2. The van der Waals surface area contributed by atoms with Crippen molar-refractivity contribution in [2.24, 2.45) is 5.73 Å². The summed E-state index contributed by atoms with van der Waals surface area (Å²) in [7, 11) is -4.39. The van der Waals surface area contributed by atoms with Crippen molar-refractivity contribution < 1.29 is 37.6 Å². The summed E-state index contributed by atoms with van der Waals surface area (Å²) >= 11 is 0. The van der Waals surface area contributed by atoms with Gasteiger partial charge in [-0.15, -0.1) is 0 Å². The molecule has 88 heavy (non-hydrogen) atoms. The van der Waals surface area contributed by atoms with Crippen LogP contribution in [0, 0.1) is 0 Å². The number of unbranched alkanes of at least 4 members (excludes halogenated alkanes) is 50. The van der Waals surface area contributed by atoms with Gasteiger partial charge in [0.25, 0.3) is 0 Å². The van der Waals surface area contributed by atoms with E-state index >= 15 is 0 Å². The van der Waals surface area contributed by atoms with E-state index in [-0.39, 0.29) is 38.6 Å². The number of ether oxygens (including phenoxy) is 2. The van der Waals surface area contributed by atoms with Crippen molar-refractivity contribution in [1.82, 2.24) is 0 Å². The predicted octanol–water partition coefficient (Wildman–Crippen LogP) is 25.4. The largest absolute Gasteiger partial charge is 0.472 e. The number of hydrogen-bond acceptors (Lipinski definition) is 8. The molecule has 0 aromatic rings. The van der Waals surface area contributed by atoms with Crippen LogP contribution in [0.4, 0.5) is 0 Å². The Kier molecular flexibility index (Phi) is 71.8. The van der Waals surface area contributed by atoms with Crippen LogP contribution in [0.2, 0.25) is 0 Å². The van der Waals surface area contributed by atoms with E-state index < -0.39 is 26.5 Å². The van der Waals surface area contributed by atoms with Crippen molar-refractivity contribution in [3.8, 4) is 0 Å². The average molecular weight is 1260 g/mol. The molecule has 0 spiro atoms. The molecule has 0 aliphatic heterocycles. The lowest BCUT2D eigenvalue weighted by Gasteiger charge is -2.19. The van der Waals surface area contributed by atoms with E-state index in [0.717, 1.165) is 70.6 Å². The first kappa shape index (κ1) is 85.7. The predicted molar refractivity (Wildman–Crippen MR) is 381 cm³/mol. The Bertz CT molecular complexity index is 1630. The fourth-order valence-electron chi connectivity index (χ4n) is 11.6. The zero-order chi connectivity index (χ0) is 63.7. The van der Waals surface area contributed by atoms with Gasteiger partial charge in [-0.25, -0.2) is 4.57 Å². The second-order valence-electron chi connectivity index (χ2n) is 25.9. The molecule has 0 bridgehead atoms. The molecule has 0 aromatic carbocycles. The van der Waals surface area contributed by atoms with Crippen molar-refractivity contribution in [1.29, 1.82) is 0 Å². The van der Waals surface area contributed by atoms with E-state index in [1.165, 1.54) is 289 Å². The van der Waals surface area contributed by atoms with Gasteiger partial charge in [-0.3, -0.25) is 18.6 Å². The highest BCUT2D eigenvalue weighted by Gasteiger charge is 2.26. The minimum Gasteiger partial charge on any atom is -0.462 e. The molecule has 0 aliphatic carbocycles. The Hall–Kier alpha value is -2.29. The summed E-state index contributed by atoms with van der Waals surface area (Å²) in [5.41, 5.74) is 5.41. The van der Waals surface area contributed by atoms with E-state index in [4.69, 9.17) is 24.3 Å². The highest BCUT2D eigenvalue weighted by Crippen LogP contribution is 2.43. The SMILES string of the molecule is CC/C=C\C/C=C\C/C=C\C/C=C\C/C=C\CCCCCCCCCCCCCCCCCCCC(=O)OC(COC(=O)CCCCCCCCCCCCCCCCCCCCCCCCCCCCCCCCCCCC)COP(=O)(O)OCCN. The Balaban J connectivity index is 3.78. The number of allylic oxidation sites excluding steroid dienone is 10. The highest BCUT2D eigenvalue weighted by atomic mass is 31.2. The van der Waals surface area contributed by atoms with Crippen LogP contribution in [0.3, 0.4) is 0 Å². The highest BCUT2D eigenvalue weighted by molar-refractivity contribution is 7.47. The summed E-state index contributed by atoms with van der Waals surface area (Å²) in [5, 5.41) is 0. The van der Waals surface area contributed by atoms with Crippen LogP contribution < -0.4 is 5.73 Å². The first-order chi connectivity index (χ1) is 43.3. The monoisotopic (exact) mass is 1260 g/mol. The standard InChI is InChI=1S/C78H146NO8P/c1-3-5-7-9-11-13-15-17-19-21-23-25-27-29-31-33-35-37-39-40-42-44-46-48-50-52-54-56-58-60-62-64-66-68-70-77(80)84-74-76(75-86-88(82,83)85-73-72-79)87-78(81)71-69-67-65-63-61-59-57-55-53-51-49-47-45-43-41-38-36-34-32-30-28-26-24-22-20-18-16-14-12-10-8-6-4-2/h6,8,12,14,18,20,24,26,30,32,76H,3-5,7,9-11,13,15-17,19,21-23,25,27-29,31,33-75,79H2,1-2H3,(H,82,83)/b8-6-,14-12-,20-18-,26-24-,32-30-. The number of nitrogens with two attached hydrogens (primary N) is 1. The van der Waals surface area contributed by atoms with Crippen molar-refractivity contribution in [2.75, 3.05) is 26.4 Å². The van der Waals surface area contributed by atoms with Crippen molar-refractivity contribution >= 4 is 19.8 Å². The molecule has 0 saturated carbocycles. The normalized spacial score (nSPS) is 13.2. The maximum Gasteiger partial charge on any atom is 0.472 e. The minimum atomic E-state index is -4.39. The first-order valence-electron chi connectivity index (χ1n) is 38.3. The number of carbonyl (C=O) groups is 2. The topological polar surface area (TPSA) is 134 Å². The summed E-state index contributed by atoms with van der Waals surface area (Å²) in [6.07, 6.45) is 96.4. The summed E-state index contributed by atoms with van der Waals surface area (Å²) < 4.78 is 33.3. The maximum absolute atomic E-state index is 12.8. The third-order valence-electron chi connectivity index (χ3n) is 17.2. The molecule has 2 unspecified atom stereocenters. The zero-order valence-corrected chi connectivity index (χ0v) is 59.1. The van der Waals surface area contributed by atoms with Gasteiger partial charge >= 0.3 is 19.8 Å². The minimum absolute atomic E-state index is 0.0548. The van der Waals surface area contributed by atoms with Crippen LogP contribution in [-0.2, 0) is 32.7 Å². The summed E-state index contributed by atoms with van der Waals surface area (Å²) in [5.74, 6) is -0.806. The molecule has 10 heteroatoms. The summed E-state index contributed by atoms with van der Waals surface area (Å²) in [6.45, 7) is 3.71. The van der Waals surface area contributed by atoms with Gasteiger partial charge in [0.05, 0.1) is 13.2 Å². The lowest BCUT2D eigenvalue weighted by atomic mass is 10.0. The lowest BCUT2D eigenvalue weighted by Crippen LogP contribution is -2.29. The summed E-state index contributed by atoms with van der Waals surface area (Å²) in [6, 6.07) is 0. The molecule has 0 heterocycles. The van der Waals surface area contributed by atoms with Gasteiger partial charge in [0, 0.05) is 19.4 Å². The number of rotatable bonds is 73. The Morgan fingerprint density at radius 3 is 0.932 bits per heavy atom. The van der Waals surface area contributed by atoms with Crippen molar-refractivity contribution in [3.05, 3.63) is 60.8 Å². The van der Waals surface area contributed by atoms with Crippen LogP contribution in [0.1, 0.15) is 393 Å².